The van der Waals surface area contributed by atoms with Crippen LogP contribution < -0.4 is 15.4 Å². The fourth-order valence-corrected chi connectivity index (χ4v) is 4.85. The Morgan fingerprint density at radius 3 is 2.44 bits per heavy atom. The molecule has 2 aromatic heterocycles. The summed E-state index contributed by atoms with van der Waals surface area (Å²) in [5.41, 5.74) is 4.14. The van der Waals surface area contributed by atoms with Crippen LogP contribution in [0, 0.1) is 20.8 Å². The summed E-state index contributed by atoms with van der Waals surface area (Å²) in [5.74, 6) is -0.334. The van der Waals surface area contributed by atoms with Gasteiger partial charge in [0.15, 0.2) is 5.11 Å². The van der Waals surface area contributed by atoms with Crippen LogP contribution in [0.15, 0.2) is 24.3 Å². The van der Waals surface area contributed by atoms with Gasteiger partial charge in [-0.2, -0.15) is 5.10 Å². The van der Waals surface area contributed by atoms with Crippen LogP contribution in [0.4, 0.5) is 10.7 Å². The van der Waals surface area contributed by atoms with E-state index in [1.54, 1.807) is 14.0 Å². The van der Waals surface area contributed by atoms with Gasteiger partial charge in [0, 0.05) is 0 Å². The maximum Gasteiger partial charge on any atom is 0.348 e. The lowest BCUT2D eigenvalue weighted by Crippen LogP contribution is -2.21. The second kappa shape index (κ2) is 10.7. The lowest BCUT2D eigenvalue weighted by Gasteiger charge is -2.11. The number of nitrogens with one attached hydrogen (secondary N) is 2. The first kappa shape index (κ1) is 25.2. The topological polar surface area (TPSA) is 104 Å². The molecule has 180 valence electrons. The van der Waals surface area contributed by atoms with E-state index in [0.717, 1.165) is 39.7 Å². The molecule has 9 nitrogen and oxygen atoms in total. The number of hydrogen-bond donors (Lipinski definition) is 2. The number of ether oxygens (including phenoxy) is 3. The number of benzene rings is 1. The maximum absolute atomic E-state index is 12.4. The van der Waals surface area contributed by atoms with E-state index in [9.17, 15) is 9.59 Å². The van der Waals surface area contributed by atoms with E-state index >= 15 is 0 Å². The molecule has 0 aliphatic carbocycles. The van der Waals surface area contributed by atoms with E-state index in [2.05, 4.69) is 15.7 Å². The zero-order valence-electron chi connectivity index (χ0n) is 19.8. The molecule has 0 atom stereocenters. The van der Waals surface area contributed by atoms with Gasteiger partial charge in [0.2, 0.25) is 0 Å². The number of aromatic nitrogens is 2. The Morgan fingerprint density at radius 2 is 1.79 bits per heavy atom. The van der Waals surface area contributed by atoms with E-state index in [1.165, 1.54) is 14.2 Å². The molecule has 2 N–H and O–H groups in total. The number of carbonyl (C=O) groups excluding carboxylic acids is 2. The average Bonchev–Trinajstić information content (AvgIpc) is 3.28. The number of methoxy groups -OCH3 is 3. The summed E-state index contributed by atoms with van der Waals surface area (Å²) < 4.78 is 16.9. The molecule has 0 aliphatic rings. The van der Waals surface area contributed by atoms with Crippen LogP contribution in [-0.4, -0.2) is 48.2 Å². The first-order valence-electron chi connectivity index (χ1n) is 10.2. The molecule has 0 radical (unpaired) electrons. The highest BCUT2D eigenvalue weighted by Gasteiger charge is 2.26. The lowest BCUT2D eigenvalue weighted by molar-refractivity contribution is 0.0601. The maximum atomic E-state index is 12.4. The van der Waals surface area contributed by atoms with Gasteiger partial charge in [0.1, 0.15) is 15.6 Å². The molecule has 3 rings (SSSR count). The third kappa shape index (κ3) is 5.20. The monoisotopic (exact) mass is 502 g/mol. The van der Waals surface area contributed by atoms with Crippen molar-refractivity contribution in [3.8, 4) is 5.75 Å². The van der Waals surface area contributed by atoms with Gasteiger partial charge in [-0.1, -0.05) is 12.1 Å². The standard InChI is InChI=1S/C23H26N4O5S2/c1-12-17(21(28)31-5)20(34-19(12)22(29)32-6)25-23(33)24-18-13(2)26-27(14(18)3)11-15-8-7-9-16(10-15)30-4/h7-10H,11H2,1-6H3,(H2,24,25,33). The Hall–Kier alpha value is -3.44. The van der Waals surface area contributed by atoms with Gasteiger partial charge in [0.25, 0.3) is 0 Å². The zero-order chi connectivity index (χ0) is 25.0. The number of esters is 2. The molecule has 0 saturated heterocycles. The second-order valence-corrected chi connectivity index (χ2v) is 8.81. The molecule has 11 heteroatoms. The number of nitrogens with zero attached hydrogens (tertiary/aromatic N) is 2. The van der Waals surface area contributed by atoms with Gasteiger partial charge in [-0.3, -0.25) is 4.68 Å². The van der Waals surface area contributed by atoms with E-state index in [-0.39, 0.29) is 10.7 Å². The normalized spacial score (nSPS) is 10.5. The van der Waals surface area contributed by atoms with Gasteiger partial charge in [-0.05, 0) is 56.2 Å². The van der Waals surface area contributed by atoms with Gasteiger partial charge in [-0.15, -0.1) is 11.3 Å². The summed E-state index contributed by atoms with van der Waals surface area (Å²) >= 11 is 6.57. The molecule has 0 amide bonds. The lowest BCUT2D eigenvalue weighted by atomic mass is 10.1. The first-order valence-corrected chi connectivity index (χ1v) is 11.5. The molecule has 0 saturated carbocycles. The van der Waals surface area contributed by atoms with Crippen molar-refractivity contribution >= 4 is 51.3 Å². The molecule has 2 heterocycles. The Kier molecular flexibility index (Phi) is 7.90. The molecular weight excluding hydrogens is 476 g/mol. The number of thiophene rings is 1. The fourth-order valence-electron chi connectivity index (χ4n) is 3.46. The minimum atomic E-state index is -0.576. The minimum absolute atomic E-state index is 0.235. The SMILES string of the molecule is COC(=O)c1sc(NC(=S)Nc2c(C)nn(Cc3cccc(OC)c3)c2C)c(C(=O)OC)c1C. The number of rotatable bonds is 7. The quantitative estimate of drug-likeness (QED) is 0.361. The van der Waals surface area contributed by atoms with Crippen LogP contribution in [0.3, 0.4) is 0 Å². The van der Waals surface area contributed by atoms with Gasteiger partial charge in [-0.25, -0.2) is 9.59 Å². The van der Waals surface area contributed by atoms with Crippen molar-refractivity contribution in [2.24, 2.45) is 0 Å². The Morgan fingerprint density at radius 1 is 1.09 bits per heavy atom. The van der Waals surface area contributed by atoms with Crippen molar-refractivity contribution in [3.63, 3.8) is 0 Å². The van der Waals surface area contributed by atoms with E-state index < -0.39 is 11.9 Å². The van der Waals surface area contributed by atoms with E-state index in [0.29, 0.717) is 22.0 Å². The largest absolute Gasteiger partial charge is 0.497 e. The molecule has 3 aromatic rings. The predicted molar refractivity (Wildman–Crippen MR) is 135 cm³/mol. The Bertz CT molecular complexity index is 1250. The van der Waals surface area contributed by atoms with Crippen LogP contribution in [0.2, 0.25) is 0 Å². The van der Waals surface area contributed by atoms with Crippen molar-refractivity contribution in [3.05, 3.63) is 57.2 Å². The third-order valence-electron chi connectivity index (χ3n) is 5.22. The second-order valence-electron chi connectivity index (χ2n) is 7.38. The van der Waals surface area contributed by atoms with Crippen molar-refractivity contribution < 1.29 is 23.8 Å². The van der Waals surface area contributed by atoms with Crippen molar-refractivity contribution in [1.82, 2.24) is 9.78 Å². The van der Waals surface area contributed by atoms with Crippen molar-refractivity contribution in [2.45, 2.75) is 27.3 Å². The zero-order valence-corrected chi connectivity index (χ0v) is 21.4. The van der Waals surface area contributed by atoms with Crippen LogP contribution in [0.5, 0.6) is 5.75 Å². The summed E-state index contributed by atoms with van der Waals surface area (Å²) in [6.07, 6.45) is 0. The smallest absolute Gasteiger partial charge is 0.348 e. The number of aryl methyl sites for hydroxylation is 1. The average molecular weight is 503 g/mol. The van der Waals surface area contributed by atoms with Gasteiger partial charge < -0.3 is 24.8 Å². The highest BCUT2D eigenvalue weighted by molar-refractivity contribution is 7.80. The molecule has 1 aromatic carbocycles. The van der Waals surface area contributed by atoms with Crippen LogP contribution >= 0.6 is 23.6 Å². The summed E-state index contributed by atoms with van der Waals surface area (Å²) in [6, 6.07) is 7.79. The molecule has 0 fully saturated rings. The van der Waals surface area contributed by atoms with Gasteiger partial charge >= 0.3 is 11.9 Å². The van der Waals surface area contributed by atoms with Crippen LogP contribution in [0.25, 0.3) is 0 Å². The Labute approximate surface area is 207 Å². The number of carbonyl (C=O) groups is 2. The van der Waals surface area contributed by atoms with E-state index in [1.807, 2.05) is 42.8 Å². The van der Waals surface area contributed by atoms with Crippen LogP contribution in [0.1, 0.15) is 42.5 Å². The Balaban J connectivity index is 1.83. The highest BCUT2D eigenvalue weighted by Crippen LogP contribution is 2.34. The van der Waals surface area contributed by atoms with Crippen LogP contribution in [-0.2, 0) is 16.0 Å². The molecule has 0 spiro atoms. The first-order chi connectivity index (χ1) is 16.2. The van der Waals surface area contributed by atoms with E-state index in [4.69, 9.17) is 26.4 Å². The number of thiocarbonyl (C=S) groups is 1. The molecular formula is C23H26N4O5S2. The number of anilines is 2. The summed E-state index contributed by atoms with van der Waals surface area (Å²) in [6.45, 7) is 6.04. The highest BCUT2D eigenvalue weighted by atomic mass is 32.1. The molecule has 0 unspecified atom stereocenters. The fraction of sp³-hybridized carbons (Fsp3) is 0.304. The minimum Gasteiger partial charge on any atom is -0.497 e. The number of hydrogen-bond acceptors (Lipinski definition) is 8. The predicted octanol–water partition coefficient (Wildman–Crippen LogP) is 4.31. The summed E-state index contributed by atoms with van der Waals surface area (Å²) in [5, 5.41) is 11.4. The third-order valence-corrected chi connectivity index (χ3v) is 6.61. The molecule has 0 bridgehead atoms. The van der Waals surface area contributed by atoms with Crippen molar-refractivity contribution in [1.29, 1.82) is 0 Å². The van der Waals surface area contributed by atoms with Crippen molar-refractivity contribution in [2.75, 3.05) is 32.0 Å². The molecule has 34 heavy (non-hydrogen) atoms. The summed E-state index contributed by atoms with van der Waals surface area (Å²) in [7, 11) is 4.20. The molecule has 0 aliphatic heterocycles. The van der Waals surface area contributed by atoms with Gasteiger partial charge in [0.05, 0.1) is 50.5 Å². The summed E-state index contributed by atoms with van der Waals surface area (Å²) in [4.78, 5) is 24.8.